The highest BCUT2D eigenvalue weighted by Crippen LogP contribution is 2.14. The summed E-state index contributed by atoms with van der Waals surface area (Å²) in [6, 6.07) is 0. The lowest BCUT2D eigenvalue weighted by molar-refractivity contribution is 0.171. The smallest absolute Gasteiger partial charge is 0.412 e. The van der Waals surface area contributed by atoms with Crippen LogP contribution in [0.2, 0.25) is 0 Å². The van der Waals surface area contributed by atoms with Crippen molar-refractivity contribution in [1.29, 1.82) is 0 Å². The van der Waals surface area contributed by atoms with Crippen molar-refractivity contribution in [3.63, 3.8) is 0 Å². The Kier molecular flexibility index (Phi) is 6.19. The first kappa shape index (κ1) is 15.0. The molecule has 1 fully saturated rings. The molecule has 0 aromatic heterocycles. The predicted molar refractivity (Wildman–Crippen MR) is 73.3 cm³/mol. The van der Waals surface area contributed by atoms with Crippen molar-refractivity contribution in [1.82, 2.24) is 10.6 Å². The average Bonchev–Trinajstić information content (AvgIpc) is 2.36. The summed E-state index contributed by atoms with van der Waals surface area (Å²) in [5.74, 6) is 1.64. The van der Waals surface area contributed by atoms with E-state index in [1.807, 2.05) is 13.8 Å². The van der Waals surface area contributed by atoms with Gasteiger partial charge in [-0.25, -0.2) is 4.79 Å². The predicted octanol–water partition coefficient (Wildman–Crippen LogP) is 2.66. The second-order valence-corrected chi connectivity index (χ2v) is 5.38. The molecule has 0 spiro atoms. The van der Waals surface area contributed by atoms with Crippen molar-refractivity contribution in [3.8, 4) is 0 Å². The minimum absolute atomic E-state index is 0.335. The van der Waals surface area contributed by atoms with Gasteiger partial charge in [0.15, 0.2) is 0 Å². The van der Waals surface area contributed by atoms with Crippen LogP contribution in [0.1, 0.15) is 40.5 Å². The second kappa shape index (κ2) is 7.41. The molecule has 1 aliphatic heterocycles. The number of hydrogen-bond donors (Lipinski definition) is 2. The molecule has 1 unspecified atom stereocenters. The summed E-state index contributed by atoms with van der Waals surface area (Å²) in [6.07, 6.45) is 2.03. The van der Waals surface area contributed by atoms with Crippen LogP contribution in [0.15, 0.2) is 11.3 Å². The largest absolute Gasteiger partial charge is 0.415 e. The van der Waals surface area contributed by atoms with E-state index in [0.29, 0.717) is 24.1 Å². The Morgan fingerprint density at radius 1 is 1.44 bits per heavy atom. The number of nitrogens with one attached hydrogen (secondary N) is 2. The summed E-state index contributed by atoms with van der Waals surface area (Å²) < 4.78 is 5.27. The second-order valence-electron chi connectivity index (χ2n) is 5.38. The van der Waals surface area contributed by atoms with Gasteiger partial charge in [0.05, 0.1) is 0 Å². The summed E-state index contributed by atoms with van der Waals surface area (Å²) in [5, 5.41) is 6.17. The molecule has 4 nitrogen and oxygen atoms in total. The maximum Gasteiger partial charge on any atom is 0.412 e. The standard InChI is InChI=1S/C14H26N2O2/c1-10(2)11(3)12(4)18-14(17)16-9-13-6-5-7-15-8-13/h10,13,15H,5-9H2,1-4H3,(H,16,17). The lowest BCUT2D eigenvalue weighted by Gasteiger charge is -2.22. The van der Waals surface area contributed by atoms with Crippen LogP contribution in [0, 0.1) is 11.8 Å². The molecule has 1 rings (SSSR count). The summed E-state index contributed by atoms with van der Waals surface area (Å²) in [6.45, 7) is 10.8. The number of piperidine rings is 1. The molecule has 1 saturated heterocycles. The first-order valence-electron chi connectivity index (χ1n) is 6.84. The molecular weight excluding hydrogens is 228 g/mol. The third kappa shape index (κ3) is 5.08. The van der Waals surface area contributed by atoms with Gasteiger partial charge in [-0.3, -0.25) is 0 Å². The number of allylic oxidation sites excluding steroid dienone is 2. The van der Waals surface area contributed by atoms with E-state index >= 15 is 0 Å². The fraction of sp³-hybridized carbons (Fsp3) is 0.786. The number of amides is 1. The van der Waals surface area contributed by atoms with E-state index in [9.17, 15) is 4.79 Å². The average molecular weight is 254 g/mol. The van der Waals surface area contributed by atoms with Crippen molar-refractivity contribution < 1.29 is 9.53 Å². The van der Waals surface area contributed by atoms with Gasteiger partial charge in [-0.05, 0) is 57.2 Å². The molecule has 1 heterocycles. The molecule has 104 valence electrons. The molecule has 18 heavy (non-hydrogen) atoms. The minimum Gasteiger partial charge on any atom is -0.415 e. The molecule has 0 aromatic carbocycles. The maximum atomic E-state index is 11.6. The highest BCUT2D eigenvalue weighted by atomic mass is 16.6. The van der Waals surface area contributed by atoms with Gasteiger partial charge in [0.25, 0.3) is 0 Å². The van der Waals surface area contributed by atoms with Crippen LogP contribution in [-0.2, 0) is 4.74 Å². The molecule has 1 amide bonds. The van der Waals surface area contributed by atoms with Crippen molar-refractivity contribution in [2.75, 3.05) is 19.6 Å². The number of ether oxygens (including phenoxy) is 1. The quantitative estimate of drug-likeness (QED) is 0.758. The van der Waals surface area contributed by atoms with E-state index < -0.39 is 0 Å². The Morgan fingerprint density at radius 2 is 2.17 bits per heavy atom. The van der Waals surface area contributed by atoms with Crippen LogP contribution in [0.3, 0.4) is 0 Å². The highest BCUT2D eigenvalue weighted by Gasteiger charge is 2.15. The highest BCUT2D eigenvalue weighted by molar-refractivity contribution is 5.68. The monoisotopic (exact) mass is 254 g/mol. The lowest BCUT2D eigenvalue weighted by Crippen LogP contribution is -2.38. The van der Waals surface area contributed by atoms with Gasteiger partial charge in [0.1, 0.15) is 5.76 Å². The normalized spacial score (nSPS) is 21.5. The maximum absolute atomic E-state index is 11.6. The zero-order chi connectivity index (χ0) is 13.5. The van der Waals surface area contributed by atoms with Gasteiger partial charge in [0.2, 0.25) is 0 Å². The Morgan fingerprint density at radius 3 is 2.72 bits per heavy atom. The SMILES string of the molecule is CC(OC(=O)NCC1CCCNC1)=C(C)C(C)C. The number of carbonyl (C=O) groups is 1. The summed E-state index contributed by atoms with van der Waals surface area (Å²) >= 11 is 0. The molecule has 1 aliphatic rings. The zero-order valence-corrected chi connectivity index (χ0v) is 12.0. The van der Waals surface area contributed by atoms with Crippen LogP contribution in [0.5, 0.6) is 0 Å². The fourth-order valence-electron chi connectivity index (χ4n) is 1.99. The van der Waals surface area contributed by atoms with Crippen molar-refractivity contribution in [2.45, 2.75) is 40.5 Å². The van der Waals surface area contributed by atoms with Crippen LogP contribution < -0.4 is 10.6 Å². The van der Waals surface area contributed by atoms with E-state index in [1.54, 1.807) is 0 Å². The minimum atomic E-state index is -0.335. The lowest BCUT2D eigenvalue weighted by atomic mass is 10.00. The molecule has 0 bridgehead atoms. The van der Waals surface area contributed by atoms with Gasteiger partial charge >= 0.3 is 6.09 Å². The third-order valence-corrected chi connectivity index (χ3v) is 3.60. The molecule has 4 heteroatoms. The van der Waals surface area contributed by atoms with Gasteiger partial charge in [-0.1, -0.05) is 13.8 Å². The number of carbonyl (C=O) groups excluding carboxylic acids is 1. The summed E-state index contributed by atoms with van der Waals surface area (Å²) in [5.41, 5.74) is 1.12. The Labute approximate surface area is 110 Å². The molecule has 0 aromatic rings. The molecule has 0 aliphatic carbocycles. The first-order valence-corrected chi connectivity index (χ1v) is 6.84. The Bertz CT molecular complexity index is 305. The Balaban J connectivity index is 2.30. The molecule has 0 saturated carbocycles. The third-order valence-electron chi connectivity index (χ3n) is 3.60. The summed E-state index contributed by atoms with van der Waals surface area (Å²) in [7, 11) is 0. The zero-order valence-electron chi connectivity index (χ0n) is 12.0. The van der Waals surface area contributed by atoms with Gasteiger partial charge in [-0.15, -0.1) is 0 Å². The molecule has 0 radical (unpaired) electrons. The molecular formula is C14H26N2O2. The van der Waals surface area contributed by atoms with Crippen molar-refractivity contribution >= 4 is 6.09 Å². The van der Waals surface area contributed by atoms with Crippen molar-refractivity contribution in [2.24, 2.45) is 11.8 Å². The van der Waals surface area contributed by atoms with E-state index in [2.05, 4.69) is 24.5 Å². The van der Waals surface area contributed by atoms with E-state index in [0.717, 1.165) is 18.7 Å². The van der Waals surface area contributed by atoms with E-state index in [-0.39, 0.29) is 6.09 Å². The Hall–Kier alpha value is -1.03. The van der Waals surface area contributed by atoms with Crippen LogP contribution >= 0.6 is 0 Å². The fourth-order valence-corrected chi connectivity index (χ4v) is 1.99. The van der Waals surface area contributed by atoms with Gasteiger partial charge in [0, 0.05) is 6.54 Å². The van der Waals surface area contributed by atoms with E-state index in [1.165, 1.54) is 12.8 Å². The number of rotatable bonds is 4. The molecule has 1 atom stereocenters. The first-order chi connectivity index (χ1) is 8.50. The van der Waals surface area contributed by atoms with E-state index in [4.69, 9.17) is 4.74 Å². The van der Waals surface area contributed by atoms with Crippen LogP contribution in [-0.4, -0.2) is 25.7 Å². The summed E-state index contributed by atoms with van der Waals surface area (Å²) in [4.78, 5) is 11.6. The van der Waals surface area contributed by atoms with Gasteiger partial charge in [-0.2, -0.15) is 0 Å². The van der Waals surface area contributed by atoms with Crippen molar-refractivity contribution in [3.05, 3.63) is 11.3 Å². The number of alkyl carbamates (subject to hydrolysis) is 1. The van der Waals surface area contributed by atoms with Gasteiger partial charge < -0.3 is 15.4 Å². The molecule has 2 N–H and O–H groups in total. The topological polar surface area (TPSA) is 50.4 Å². The number of hydrogen-bond acceptors (Lipinski definition) is 3. The van der Waals surface area contributed by atoms with Crippen LogP contribution in [0.25, 0.3) is 0 Å². The van der Waals surface area contributed by atoms with Crippen LogP contribution in [0.4, 0.5) is 4.79 Å².